The third-order valence-electron chi connectivity index (χ3n) is 5.17. The van der Waals surface area contributed by atoms with E-state index in [2.05, 4.69) is 5.32 Å². The molecule has 3 aromatic carbocycles. The predicted molar refractivity (Wildman–Crippen MR) is 115 cm³/mol. The van der Waals surface area contributed by atoms with E-state index in [1.165, 1.54) is 24.3 Å². The lowest BCUT2D eigenvalue weighted by Crippen LogP contribution is -2.49. The van der Waals surface area contributed by atoms with E-state index in [1.54, 1.807) is 34.1 Å². The van der Waals surface area contributed by atoms with E-state index in [0.29, 0.717) is 36.4 Å². The summed E-state index contributed by atoms with van der Waals surface area (Å²) < 4.78 is 40.1. The van der Waals surface area contributed by atoms with Crippen LogP contribution in [0.5, 0.6) is 0 Å². The second-order valence-electron chi connectivity index (χ2n) is 7.47. The Hall–Kier alpha value is -3.81. The van der Waals surface area contributed by atoms with Crippen molar-refractivity contribution in [2.24, 2.45) is 0 Å². The van der Waals surface area contributed by atoms with Crippen LogP contribution >= 0.6 is 0 Å². The van der Waals surface area contributed by atoms with Crippen molar-refractivity contribution in [2.75, 3.05) is 23.3 Å². The molecule has 0 aliphatic carbocycles. The van der Waals surface area contributed by atoms with Crippen LogP contribution in [0.4, 0.5) is 29.3 Å². The minimum atomic E-state index is -0.953. The molecule has 0 unspecified atom stereocenters. The first-order valence-electron chi connectivity index (χ1n) is 10.1. The number of rotatable bonds is 5. The lowest BCUT2D eigenvalue weighted by Gasteiger charge is -2.36. The fourth-order valence-electron chi connectivity index (χ4n) is 3.61. The molecule has 164 valence electrons. The summed E-state index contributed by atoms with van der Waals surface area (Å²) in [6.45, 7) is 1.13. The first-order valence-corrected chi connectivity index (χ1v) is 10.1. The molecule has 0 saturated carbocycles. The highest BCUT2D eigenvalue weighted by molar-refractivity contribution is 6.04. The maximum absolute atomic E-state index is 13.5. The lowest BCUT2D eigenvalue weighted by molar-refractivity contribution is 0.102. The van der Waals surface area contributed by atoms with Crippen LogP contribution in [-0.2, 0) is 6.54 Å². The Morgan fingerprint density at radius 1 is 0.906 bits per heavy atom. The molecule has 1 aliphatic heterocycles. The Balaban J connectivity index is 1.48. The van der Waals surface area contributed by atoms with E-state index in [1.807, 2.05) is 0 Å². The van der Waals surface area contributed by atoms with E-state index in [-0.39, 0.29) is 18.1 Å². The lowest BCUT2D eigenvalue weighted by atomic mass is 10.1. The normalized spacial score (nSPS) is 13.9. The molecule has 0 atom stereocenters. The zero-order chi connectivity index (χ0) is 22.7. The fourth-order valence-corrected chi connectivity index (χ4v) is 3.61. The summed E-state index contributed by atoms with van der Waals surface area (Å²) in [6, 6.07) is 15.5. The van der Waals surface area contributed by atoms with Gasteiger partial charge in [0.1, 0.15) is 5.82 Å². The minimum absolute atomic E-state index is 0.155. The van der Waals surface area contributed by atoms with E-state index < -0.39 is 23.4 Å². The van der Waals surface area contributed by atoms with Crippen LogP contribution in [0, 0.1) is 17.5 Å². The number of benzene rings is 3. The van der Waals surface area contributed by atoms with Crippen molar-refractivity contribution in [3.05, 3.63) is 95.3 Å². The standard InChI is InChI=1S/C24H20F3N3O2/c25-18-5-1-4-17(13-18)23(31)28-19-6-2-7-20(14-19)30-11-3-10-29(24(30)32)15-16-8-9-21(26)22(27)12-16/h1-2,4-9,12-14H,3,10-11,15H2,(H,28,31). The van der Waals surface area contributed by atoms with E-state index >= 15 is 0 Å². The van der Waals surface area contributed by atoms with Gasteiger partial charge >= 0.3 is 6.03 Å². The quantitative estimate of drug-likeness (QED) is 0.595. The molecule has 5 nitrogen and oxygen atoms in total. The molecule has 0 aromatic heterocycles. The van der Waals surface area contributed by atoms with Crippen LogP contribution in [0.25, 0.3) is 0 Å². The van der Waals surface area contributed by atoms with Gasteiger partial charge in [-0.2, -0.15) is 0 Å². The molecule has 0 spiro atoms. The molecule has 1 saturated heterocycles. The van der Waals surface area contributed by atoms with Gasteiger partial charge in [0.25, 0.3) is 5.91 Å². The van der Waals surface area contributed by atoms with Gasteiger partial charge in [-0.15, -0.1) is 0 Å². The molecule has 32 heavy (non-hydrogen) atoms. The summed E-state index contributed by atoms with van der Waals surface area (Å²) in [4.78, 5) is 28.6. The van der Waals surface area contributed by atoms with Crippen molar-refractivity contribution in [1.29, 1.82) is 0 Å². The maximum atomic E-state index is 13.5. The first-order chi connectivity index (χ1) is 15.4. The summed E-state index contributed by atoms with van der Waals surface area (Å²) in [5.74, 6) is -2.86. The van der Waals surface area contributed by atoms with Crippen molar-refractivity contribution >= 4 is 23.3 Å². The molecule has 8 heteroatoms. The van der Waals surface area contributed by atoms with Crippen LogP contribution in [-0.4, -0.2) is 29.9 Å². The van der Waals surface area contributed by atoms with Gasteiger partial charge in [-0.25, -0.2) is 18.0 Å². The van der Waals surface area contributed by atoms with Crippen LogP contribution in [0.1, 0.15) is 22.3 Å². The Labute approximate surface area is 183 Å². The maximum Gasteiger partial charge on any atom is 0.324 e. The van der Waals surface area contributed by atoms with E-state index in [4.69, 9.17) is 0 Å². The monoisotopic (exact) mass is 439 g/mol. The third-order valence-corrected chi connectivity index (χ3v) is 5.17. The van der Waals surface area contributed by atoms with Gasteiger partial charge in [-0.05, 0) is 60.5 Å². The Morgan fingerprint density at radius 2 is 1.72 bits per heavy atom. The summed E-state index contributed by atoms with van der Waals surface area (Å²) in [7, 11) is 0. The highest BCUT2D eigenvalue weighted by atomic mass is 19.2. The topological polar surface area (TPSA) is 52.7 Å². The number of hydrogen-bond donors (Lipinski definition) is 1. The summed E-state index contributed by atoms with van der Waals surface area (Å²) in [5.41, 5.74) is 1.72. The molecule has 1 heterocycles. The molecule has 0 radical (unpaired) electrons. The summed E-state index contributed by atoms with van der Waals surface area (Å²) in [6.07, 6.45) is 0.690. The highest BCUT2D eigenvalue weighted by Crippen LogP contribution is 2.25. The third kappa shape index (κ3) is 4.74. The summed E-state index contributed by atoms with van der Waals surface area (Å²) >= 11 is 0. The van der Waals surface area contributed by atoms with Crippen LogP contribution < -0.4 is 10.2 Å². The molecule has 1 fully saturated rings. The molecule has 3 amide bonds. The zero-order valence-corrected chi connectivity index (χ0v) is 17.0. The summed E-state index contributed by atoms with van der Waals surface area (Å²) in [5, 5.41) is 2.71. The van der Waals surface area contributed by atoms with Gasteiger partial charge in [-0.1, -0.05) is 18.2 Å². The Morgan fingerprint density at radius 3 is 2.50 bits per heavy atom. The minimum Gasteiger partial charge on any atom is -0.322 e. The van der Waals surface area contributed by atoms with Crippen molar-refractivity contribution in [3.63, 3.8) is 0 Å². The average Bonchev–Trinajstić information content (AvgIpc) is 2.78. The number of amides is 3. The number of carbonyl (C=O) groups is 2. The van der Waals surface area contributed by atoms with Gasteiger partial charge in [0.05, 0.1) is 0 Å². The van der Waals surface area contributed by atoms with E-state index in [9.17, 15) is 22.8 Å². The fraction of sp³-hybridized carbons (Fsp3) is 0.167. The first kappa shape index (κ1) is 21.4. The number of hydrogen-bond acceptors (Lipinski definition) is 2. The second kappa shape index (κ2) is 9.13. The average molecular weight is 439 g/mol. The van der Waals surface area contributed by atoms with Gasteiger partial charge < -0.3 is 10.2 Å². The number of carbonyl (C=O) groups excluding carboxylic acids is 2. The predicted octanol–water partition coefficient (Wildman–Crippen LogP) is 5.19. The number of halogens is 3. The molecular weight excluding hydrogens is 419 g/mol. The molecule has 1 N–H and O–H groups in total. The molecule has 3 aromatic rings. The van der Waals surface area contributed by atoms with Gasteiger partial charge in [0, 0.05) is 36.6 Å². The smallest absolute Gasteiger partial charge is 0.322 e. The Bertz CT molecular complexity index is 1170. The number of nitrogens with zero attached hydrogens (tertiary/aromatic N) is 2. The van der Waals surface area contributed by atoms with Crippen LogP contribution in [0.15, 0.2) is 66.7 Å². The number of urea groups is 1. The zero-order valence-electron chi connectivity index (χ0n) is 17.0. The van der Waals surface area contributed by atoms with Crippen molar-refractivity contribution in [3.8, 4) is 0 Å². The van der Waals surface area contributed by atoms with Crippen molar-refractivity contribution in [1.82, 2.24) is 4.90 Å². The largest absolute Gasteiger partial charge is 0.324 e. The molecule has 1 aliphatic rings. The van der Waals surface area contributed by atoms with Gasteiger partial charge in [-0.3, -0.25) is 9.69 Å². The molecule has 4 rings (SSSR count). The van der Waals surface area contributed by atoms with Crippen molar-refractivity contribution in [2.45, 2.75) is 13.0 Å². The number of nitrogens with one attached hydrogen (secondary N) is 1. The SMILES string of the molecule is O=C(Nc1cccc(N2CCCN(Cc3ccc(F)c(F)c3)C2=O)c1)c1cccc(F)c1. The van der Waals surface area contributed by atoms with Gasteiger partial charge in [0.15, 0.2) is 11.6 Å². The second-order valence-corrected chi connectivity index (χ2v) is 7.47. The molecule has 0 bridgehead atoms. The van der Waals surface area contributed by atoms with E-state index in [0.717, 1.165) is 18.2 Å². The number of anilines is 2. The van der Waals surface area contributed by atoms with Crippen molar-refractivity contribution < 1.29 is 22.8 Å². The Kier molecular flexibility index (Phi) is 6.11. The van der Waals surface area contributed by atoms with Crippen LogP contribution in [0.3, 0.4) is 0 Å². The highest BCUT2D eigenvalue weighted by Gasteiger charge is 2.27. The van der Waals surface area contributed by atoms with Gasteiger partial charge in [0.2, 0.25) is 0 Å². The van der Waals surface area contributed by atoms with Crippen LogP contribution in [0.2, 0.25) is 0 Å². The molecular formula is C24H20F3N3O2.